The summed E-state index contributed by atoms with van der Waals surface area (Å²) in [5.74, 6) is 0.545. The third-order valence-electron chi connectivity index (χ3n) is 2.25. The number of nitrogens with zero attached hydrogens (tertiary/aromatic N) is 4. The summed E-state index contributed by atoms with van der Waals surface area (Å²) in [6, 6.07) is 0. The smallest absolute Gasteiger partial charge is 0.177 e. The Bertz CT molecular complexity index is 289. The molecule has 0 saturated heterocycles. The van der Waals surface area contributed by atoms with Gasteiger partial charge in [0, 0.05) is 13.5 Å². The zero-order chi connectivity index (χ0) is 11.3. The molecular formula is C9H18N4O2. The number of ether oxygens (including phenoxy) is 1. The lowest BCUT2D eigenvalue weighted by Gasteiger charge is -2.19. The van der Waals surface area contributed by atoms with Gasteiger partial charge >= 0.3 is 0 Å². The molecular weight excluding hydrogens is 196 g/mol. The van der Waals surface area contributed by atoms with Crippen molar-refractivity contribution in [3.05, 3.63) is 5.82 Å². The number of aliphatic hydroxyl groups excluding tert-OH is 1. The Labute approximate surface area is 89.2 Å². The van der Waals surface area contributed by atoms with Crippen LogP contribution in [0.25, 0.3) is 0 Å². The molecule has 0 spiro atoms. The van der Waals surface area contributed by atoms with Crippen LogP contribution in [0.2, 0.25) is 0 Å². The van der Waals surface area contributed by atoms with E-state index < -0.39 is 6.10 Å². The van der Waals surface area contributed by atoms with Crippen molar-refractivity contribution in [2.75, 3.05) is 7.11 Å². The van der Waals surface area contributed by atoms with Gasteiger partial charge in [-0.1, -0.05) is 13.3 Å². The van der Waals surface area contributed by atoms with Crippen molar-refractivity contribution in [2.45, 2.75) is 38.4 Å². The normalized spacial score (nSPS) is 15.2. The summed E-state index contributed by atoms with van der Waals surface area (Å²) >= 11 is 0. The number of rotatable bonds is 6. The monoisotopic (exact) mass is 214 g/mol. The molecule has 1 aromatic heterocycles. The summed E-state index contributed by atoms with van der Waals surface area (Å²) in [6.45, 7) is 2.05. The largest absolute Gasteiger partial charge is 0.390 e. The van der Waals surface area contributed by atoms with Gasteiger partial charge in [0.15, 0.2) is 5.82 Å². The average molecular weight is 214 g/mol. The third kappa shape index (κ3) is 3.56. The van der Waals surface area contributed by atoms with Gasteiger partial charge in [-0.25, -0.2) is 0 Å². The molecule has 15 heavy (non-hydrogen) atoms. The maximum Gasteiger partial charge on any atom is 0.177 e. The highest BCUT2D eigenvalue weighted by Gasteiger charge is 2.20. The zero-order valence-electron chi connectivity index (χ0n) is 9.42. The topological polar surface area (TPSA) is 73.1 Å². The molecule has 1 aromatic rings. The van der Waals surface area contributed by atoms with Crippen LogP contribution in [0.15, 0.2) is 0 Å². The molecule has 0 amide bonds. The lowest BCUT2D eigenvalue weighted by Crippen LogP contribution is -2.30. The van der Waals surface area contributed by atoms with E-state index >= 15 is 0 Å². The van der Waals surface area contributed by atoms with Gasteiger partial charge in [0.2, 0.25) is 0 Å². The Morgan fingerprint density at radius 2 is 2.27 bits per heavy atom. The fraction of sp³-hybridized carbons (Fsp3) is 0.889. The van der Waals surface area contributed by atoms with Crippen molar-refractivity contribution in [3.8, 4) is 0 Å². The summed E-state index contributed by atoms with van der Waals surface area (Å²) in [7, 11) is 3.30. The van der Waals surface area contributed by atoms with Crippen molar-refractivity contribution in [3.63, 3.8) is 0 Å². The minimum Gasteiger partial charge on any atom is -0.390 e. The van der Waals surface area contributed by atoms with Crippen LogP contribution in [-0.4, -0.2) is 44.6 Å². The molecule has 1 rings (SSSR count). The molecule has 0 aliphatic rings. The van der Waals surface area contributed by atoms with E-state index in [1.165, 1.54) is 4.80 Å². The first-order valence-corrected chi connectivity index (χ1v) is 5.11. The first-order chi connectivity index (χ1) is 7.17. The Balaban J connectivity index is 2.49. The standard InChI is InChI=1S/C9H18N4O2/c1-4-5-8(15-3)7(14)6-9-10-12-13(2)11-9/h7-8,14H,4-6H2,1-3H3. The Hall–Kier alpha value is -1.01. The van der Waals surface area contributed by atoms with Crippen LogP contribution in [0, 0.1) is 0 Å². The number of aromatic nitrogens is 4. The summed E-state index contributed by atoms with van der Waals surface area (Å²) in [4.78, 5) is 1.38. The van der Waals surface area contributed by atoms with Gasteiger partial charge in [-0.15, -0.1) is 10.2 Å². The summed E-state index contributed by atoms with van der Waals surface area (Å²) in [5, 5.41) is 21.4. The first-order valence-electron chi connectivity index (χ1n) is 5.11. The maximum atomic E-state index is 9.86. The molecule has 2 unspecified atom stereocenters. The maximum absolute atomic E-state index is 9.86. The van der Waals surface area contributed by atoms with E-state index in [9.17, 15) is 5.11 Å². The third-order valence-corrected chi connectivity index (χ3v) is 2.25. The zero-order valence-corrected chi connectivity index (χ0v) is 9.42. The quantitative estimate of drug-likeness (QED) is 0.717. The number of aryl methyl sites for hydroxylation is 1. The van der Waals surface area contributed by atoms with Crippen molar-refractivity contribution >= 4 is 0 Å². The Morgan fingerprint density at radius 3 is 2.73 bits per heavy atom. The second kappa shape index (κ2) is 5.77. The van der Waals surface area contributed by atoms with Crippen molar-refractivity contribution in [1.82, 2.24) is 20.2 Å². The van der Waals surface area contributed by atoms with E-state index in [2.05, 4.69) is 22.3 Å². The fourth-order valence-electron chi connectivity index (χ4n) is 1.48. The second-order valence-corrected chi connectivity index (χ2v) is 3.53. The molecule has 86 valence electrons. The Kier molecular flexibility index (Phi) is 4.64. The molecule has 0 fully saturated rings. The molecule has 2 atom stereocenters. The first kappa shape index (κ1) is 12.1. The van der Waals surface area contributed by atoms with Gasteiger partial charge in [-0.05, 0) is 11.6 Å². The number of tetrazole rings is 1. The fourth-order valence-corrected chi connectivity index (χ4v) is 1.48. The van der Waals surface area contributed by atoms with Crippen LogP contribution in [0.1, 0.15) is 25.6 Å². The average Bonchev–Trinajstić information content (AvgIpc) is 2.60. The Morgan fingerprint density at radius 1 is 1.53 bits per heavy atom. The van der Waals surface area contributed by atoms with Crippen LogP contribution >= 0.6 is 0 Å². The lowest BCUT2D eigenvalue weighted by molar-refractivity contribution is -0.0168. The molecule has 0 aliphatic carbocycles. The second-order valence-electron chi connectivity index (χ2n) is 3.53. The number of hydrogen-bond donors (Lipinski definition) is 1. The molecule has 0 aromatic carbocycles. The van der Waals surface area contributed by atoms with Gasteiger partial charge in [-0.3, -0.25) is 0 Å². The van der Waals surface area contributed by atoms with Gasteiger partial charge in [-0.2, -0.15) is 4.80 Å². The molecule has 1 heterocycles. The van der Waals surface area contributed by atoms with Crippen molar-refractivity contribution < 1.29 is 9.84 Å². The molecule has 6 heteroatoms. The van der Waals surface area contributed by atoms with Crippen molar-refractivity contribution in [1.29, 1.82) is 0 Å². The minimum atomic E-state index is -0.570. The number of aliphatic hydroxyl groups is 1. The van der Waals surface area contributed by atoms with Crippen LogP contribution in [-0.2, 0) is 18.2 Å². The molecule has 0 aliphatic heterocycles. The molecule has 0 radical (unpaired) electrons. The predicted octanol–water partition coefficient (Wildman–Crippen LogP) is -0.0714. The van der Waals surface area contributed by atoms with E-state index in [0.29, 0.717) is 12.2 Å². The van der Waals surface area contributed by atoms with E-state index in [1.807, 2.05) is 0 Å². The molecule has 1 N–H and O–H groups in total. The SMILES string of the molecule is CCCC(OC)C(O)Cc1nnn(C)n1. The van der Waals surface area contributed by atoms with Gasteiger partial charge in [0.1, 0.15) is 0 Å². The van der Waals surface area contributed by atoms with Crippen LogP contribution in [0.5, 0.6) is 0 Å². The van der Waals surface area contributed by atoms with Crippen LogP contribution in [0.4, 0.5) is 0 Å². The highest BCUT2D eigenvalue weighted by molar-refractivity contribution is 4.84. The van der Waals surface area contributed by atoms with Gasteiger partial charge in [0.05, 0.1) is 19.3 Å². The highest BCUT2D eigenvalue weighted by atomic mass is 16.5. The van der Waals surface area contributed by atoms with E-state index in [0.717, 1.165) is 12.8 Å². The highest BCUT2D eigenvalue weighted by Crippen LogP contribution is 2.09. The summed E-state index contributed by atoms with van der Waals surface area (Å²) in [5.41, 5.74) is 0. The molecule has 0 bridgehead atoms. The molecule has 6 nitrogen and oxygen atoms in total. The summed E-state index contributed by atoms with van der Waals surface area (Å²) < 4.78 is 5.20. The number of methoxy groups -OCH3 is 1. The lowest BCUT2D eigenvalue weighted by atomic mass is 10.1. The van der Waals surface area contributed by atoms with Crippen molar-refractivity contribution in [2.24, 2.45) is 7.05 Å². The minimum absolute atomic E-state index is 0.154. The predicted molar refractivity (Wildman–Crippen MR) is 54.2 cm³/mol. The van der Waals surface area contributed by atoms with Crippen LogP contribution in [0.3, 0.4) is 0 Å². The van der Waals surface area contributed by atoms with E-state index in [-0.39, 0.29) is 6.10 Å². The number of hydrogen-bond acceptors (Lipinski definition) is 5. The van der Waals surface area contributed by atoms with Crippen LogP contribution < -0.4 is 0 Å². The van der Waals surface area contributed by atoms with E-state index in [4.69, 9.17) is 4.74 Å². The molecule has 0 saturated carbocycles. The van der Waals surface area contributed by atoms with Gasteiger partial charge in [0.25, 0.3) is 0 Å². The van der Waals surface area contributed by atoms with E-state index in [1.54, 1.807) is 14.2 Å². The summed E-state index contributed by atoms with van der Waals surface area (Å²) in [6.07, 6.45) is 1.46. The van der Waals surface area contributed by atoms with Gasteiger partial charge < -0.3 is 9.84 Å².